The van der Waals surface area contributed by atoms with Crippen LogP contribution in [0.25, 0.3) is 11.0 Å². The van der Waals surface area contributed by atoms with E-state index in [4.69, 9.17) is 14.5 Å². The van der Waals surface area contributed by atoms with Gasteiger partial charge in [0.2, 0.25) is 5.91 Å². The third kappa shape index (κ3) is 4.81. The van der Waals surface area contributed by atoms with E-state index < -0.39 is 0 Å². The SMILES string of the molecule is C=CC(=O)N1CCN2C[C@@H]1COc1cc3ncnc(Nc4ccc(Oc5ccc(CC)nc5)c(C)c4)c3nc12. The number of amides is 1. The molecule has 39 heavy (non-hydrogen) atoms. The van der Waals surface area contributed by atoms with Crippen molar-refractivity contribution < 1.29 is 14.3 Å². The van der Waals surface area contributed by atoms with Gasteiger partial charge < -0.3 is 24.6 Å². The van der Waals surface area contributed by atoms with Gasteiger partial charge in [0, 0.05) is 37.1 Å². The predicted molar refractivity (Wildman–Crippen MR) is 149 cm³/mol. The normalized spacial score (nSPS) is 16.2. The summed E-state index contributed by atoms with van der Waals surface area (Å²) < 4.78 is 12.2. The first kappa shape index (κ1) is 24.6. The summed E-state index contributed by atoms with van der Waals surface area (Å²) in [6, 6.07) is 11.6. The fraction of sp³-hybridized carbons (Fsp3) is 0.276. The van der Waals surface area contributed by atoms with Gasteiger partial charge in [-0.15, -0.1) is 0 Å². The van der Waals surface area contributed by atoms with Gasteiger partial charge in [-0.05, 0) is 55.3 Å². The van der Waals surface area contributed by atoms with Crippen LogP contribution in [0.3, 0.4) is 0 Å². The molecule has 10 heteroatoms. The molecule has 1 aromatic carbocycles. The van der Waals surface area contributed by atoms with Crippen molar-refractivity contribution in [2.24, 2.45) is 0 Å². The minimum Gasteiger partial charge on any atom is -0.487 e. The zero-order chi connectivity index (χ0) is 26.9. The molecule has 1 amide bonds. The number of nitrogens with zero attached hydrogens (tertiary/aromatic N) is 6. The van der Waals surface area contributed by atoms with E-state index in [1.807, 2.05) is 48.2 Å². The fourth-order valence-corrected chi connectivity index (χ4v) is 4.95. The number of anilines is 3. The van der Waals surface area contributed by atoms with Crippen molar-refractivity contribution in [3.63, 3.8) is 0 Å². The molecule has 2 aliphatic heterocycles. The van der Waals surface area contributed by atoms with Gasteiger partial charge >= 0.3 is 0 Å². The van der Waals surface area contributed by atoms with Crippen molar-refractivity contribution in [3.8, 4) is 17.2 Å². The Morgan fingerprint density at radius 2 is 2.10 bits per heavy atom. The fourth-order valence-electron chi connectivity index (χ4n) is 4.95. The Bertz CT molecular complexity index is 1560. The maximum atomic E-state index is 12.3. The predicted octanol–water partition coefficient (Wildman–Crippen LogP) is 4.42. The summed E-state index contributed by atoms with van der Waals surface area (Å²) >= 11 is 0. The average molecular weight is 524 g/mol. The third-order valence-corrected chi connectivity index (χ3v) is 7.05. The van der Waals surface area contributed by atoms with Crippen molar-refractivity contribution in [3.05, 3.63) is 72.8 Å². The second-order valence-corrected chi connectivity index (χ2v) is 9.59. The molecule has 1 saturated heterocycles. The number of benzene rings is 1. The number of piperazine rings is 1. The molecule has 198 valence electrons. The van der Waals surface area contributed by atoms with Crippen molar-refractivity contribution >= 4 is 34.3 Å². The summed E-state index contributed by atoms with van der Waals surface area (Å²) in [5.74, 6) is 3.35. The van der Waals surface area contributed by atoms with Crippen LogP contribution < -0.4 is 19.7 Å². The smallest absolute Gasteiger partial charge is 0.246 e. The van der Waals surface area contributed by atoms with E-state index in [9.17, 15) is 4.79 Å². The molecule has 0 saturated carbocycles. The number of fused-ring (bicyclic) bond motifs is 5. The topological polar surface area (TPSA) is 106 Å². The zero-order valence-electron chi connectivity index (χ0n) is 21.9. The van der Waals surface area contributed by atoms with Crippen LogP contribution in [0.2, 0.25) is 0 Å². The summed E-state index contributed by atoms with van der Waals surface area (Å²) in [6.45, 7) is 9.96. The number of pyridine rings is 2. The summed E-state index contributed by atoms with van der Waals surface area (Å²) in [6.07, 6.45) is 5.50. The molecular weight excluding hydrogens is 494 g/mol. The second-order valence-electron chi connectivity index (χ2n) is 9.59. The number of hydrogen-bond donors (Lipinski definition) is 1. The van der Waals surface area contributed by atoms with E-state index in [1.165, 1.54) is 12.4 Å². The van der Waals surface area contributed by atoms with E-state index in [0.717, 1.165) is 34.9 Å². The molecule has 1 atom stereocenters. The highest BCUT2D eigenvalue weighted by molar-refractivity contribution is 5.90. The van der Waals surface area contributed by atoms with Crippen LogP contribution in [-0.2, 0) is 11.2 Å². The van der Waals surface area contributed by atoms with Crippen LogP contribution >= 0.6 is 0 Å². The van der Waals surface area contributed by atoms with E-state index in [2.05, 4.69) is 38.7 Å². The first-order valence-corrected chi connectivity index (χ1v) is 13.0. The zero-order valence-corrected chi connectivity index (χ0v) is 21.9. The van der Waals surface area contributed by atoms with Crippen LogP contribution in [0.4, 0.5) is 17.3 Å². The van der Waals surface area contributed by atoms with Crippen molar-refractivity contribution in [1.29, 1.82) is 0 Å². The maximum Gasteiger partial charge on any atom is 0.246 e. The van der Waals surface area contributed by atoms with Crippen LogP contribution in [0.5, 0.6) is 17.2 Å². The molecule has 2 aliphatic rings. The number of carbonyl (C=O) groups is 1. The molecule has 1 N–H and O–H groups in total. The third-order valence-electron chi connectivity index (χ3n) is 7.05. The Labute approximate surface area is 226 Å². The molecule has 4 aromatic rings. The highest BCUT2D eigenvalue weighted by Gasteiger charge is 2.34. The number of carbonyl (C=O) groups excluding carboxylic acids is 1. The lowest BCUT2D eigenvalue weighted by Crippen LogP contribution is -2.56. The Kier molecular flexibility index (Phi) is 6.44. The minimum absolute atomic E-state index is 0.0747. The Balaban J connectivity index is 1.25. The molecular formula is C29H29N7O3. The Morgan fingerprint density at radius 3 is 2.87 bits per heavy atom. The van der Waals surface area contributed by atoms with Gasteiger partial charge in [-0.25, -0.2) is 15.0 Å². The molecule has 1 fully saturated rings. The lowest BCUT2D eigenvalue weighted by molar-refractivity contribution is -0.129. The van der Waals surface area contributed by atoms with Crippen molar-refractivity contribution in [1.82, 2.24) is 24.8 Å². The average Bonchev–Trinajstić information content (AvgIpc) is 3.09. The first-order valence-electron chi connectivity index (χ1n) is 13.0. The molecule has 0 aliphatic carbocycles. The van der Waals surface area contributed by atoms with Crippen molar-refractivity contribution in [2.45, 2.75) is 26.3 Å². The number of aromatic nitrogens is 4. The first-order chi connectivity index (χ1) is 19.0. The van der Waals surface area contributed by atoms with E-state index in [1.54, 1.807) is 6.20 Å². The largest absolute Gasteiger partial charge is 0.487 e. The van der Waals surface area contributed by atoms with Gasteiger partial charge in [-0.3, -0.25) is 9.78 Å². The lowest BCUT2D eigenvalue weighted by atomic mass is 10.1. The van der Waals surface area contributed by atoms with Gasteiger partial charge in [-0.2, -0.15) is 0 Å². The monoisotopic (exact) mass is 523 g/mol. The molecule has 3 aromatic heterocycles. The second kappa shape index (κ2) is 10.2. The quantitative estimate of drug-likeness (QED) is 0.368. The van der Waals surface area contributed by atoms with Gasteiger partial charge in [0.15, 0.2) is 17.4 Å². The summed E-state index contributed by atoms with van der Waals surface area (Å²) in [4.78, 5) is 34.6. The molecule has 0 radical (unpaired) electrons. The van der Waals surface area contributed by atoms with Crippen LogP contribution in [0.15, 0.2) is 61.6 Å². The van der Waals surface area contributed by atoms with E-state index in [0.29, 0.717) is 54.6 Å². The Morgan fingerprint density at radius 1 is 1.21 bits per heavy atom. The number of aryl methyl sites for hydroxylation is 2. The van der Waals surface area contributed by atoms with E-state index in [-0.39, 0.29) is 11.9 Å². The molecule has 0 unspecified atom stereocenters. The van der Waals surface area contributed by atoms with Gasteiger partial charge in [0.05, 0.1) is 17.8 Å². The van der Waals surface area contributed by atoms with Gasteiger partial charge in [0.25, 0.3) is 0 Å². The van der Waals surface area contributed by atoms with Gasteiger partial charge in [0.1, 0.15) is 29.9 Å². The number of ether oxygens (including phenoxy) is 2. The number of rotatable bonds is 6. The standard InChI is InChI=1S/C29H29N7O3/c1-4-19-6-8-22(14-30-19)39-24-9-7-20(12-18(24)3)33-28-27-23(31-17-32-28)13-25-29(34-27)35-10-11-36(26(37)5-2)21(15-35)16-38-25/h5-9,12-14,17,21H,2,4,10-11,15-16H2,1,3H3,(H,31,32,33)/t21-/m1/s1. The number of nitrogens with one attached hydrogen (secondary N) is 1. The van der Waals surface area contributed by atoms with Crippen LogP contribution in [0.1, 0.15) is 18.2 Å². The molecule has 0 spiro atoms. The number of hydrogen-bond acceptors (Lipinski definition) is 9. The summed E-state index contributed by atoms with van der Waals surface area (Å²) in [5, 5.41) is 3.40. The minimum atomic E-state index is -0.0811. The highest BCUT2D eigenvalue weighted by atomic mass is 16.5. The van der Waals surface area contributed by atoms with Crippen LogP contribution in [-0.4, -0.2) is 63.0 Å². The summed E-state index contributed by atoms with van der Waals surface area (Å²) in [5.41, 5.74) is 4.15. The van der Waals surface area contributed by atoms with E-state index >= 15 is 0 Å². The molecule has 2 bridgehead atoms. The Hall–Kier alpha value is -4.73. The lowest BCUT2D eigenvalue weighted by Gasteiger charge is -2.39. The molecule has 10 nitrogen and oxygen atoms in total. The molecule has 5 heterocycles. The molecule has 6 rings (SSSR count). The van der Waals surface area contributed by atoms with Crippen molar-refractivity contribution in [2.75, 3.05) is 36.5 Å². The van der Waals surface area contributed by atoms with Crippen LogP contribution in [0, 0.1) is 6.92 Å². The highest BCUT2D eigenvalue weighted by Crippen LogP contribution is 2.36. The maximum absolute atomic E-state index is 12.3. The van der Waals surface area contributed by atoms with Gasteiger partial charge in [-0.1, -0.05) is 13.5 Å². The summed E-state index contributed by atoms with van der Waals surface area (Å²) in [7, 11) is 0.